The Morgan fingerprint density at radius 1 is 1.11 bits per heavy atom. The molecule has 4 atom stereocenters. The molecule has 1 aromatic carbocycles. The summed E-state index contributed by atoms with van der Waals surface area (Å²) in [5.74, 6) is -1.98. The van der Waals surface area contributed by atoms with E-state index in [1.807, 2.05) is 4.90 Å². The summed E-state index contributed by atoms with van der Waals surface area (Å²) in [6.45, 7) is 0.756. The molecule has 198 valence electrons. The van der Waals surface area contributed by atoms with Crippen LogP contribution < -0.4 is 16.4 Å². The van der Waals surface area contributed by atoms with Gasteiger partial charge in [-0.3, -0.25) is 4.98 Å². The molecule has 2 unspecified atom stereocenters. The van der Waals surface area contributed by atoms with Crippen molar-refractivity contribution in [2.75, 3.05) is 17.2 Å². The summed E-state index contributed by atoms with van der Waals surface area (Å²) in [6.07, 6.45) is 0.596. The summed E-state index contributed by atoms with van der Waals surface area (Å²) in [5, 5.41) is 10.3. The number of rotatable bonds is 6. The van der Waals surface area contributed by atoms with Crippen molar-refractivity contribution < 1.29 is 22.7 Å². The quantitative estimate of drug-likeness (QED) is 0.326. The molecule has 0 radical (unpaired) electrons. The third-order valence-electron chi connectivity index (χ3n) is 7.90. The SMILES string of the molecule is Nc1ncnc2c1ncn2Cc1cc(-c2ccc(F)c(F)c2)ncc1N1CCC2CC1[C@@]2(N)[C@H](O)C(F)F. The molecule has 0 amide bonds. The minimum Gasteiger partial charge on any atom is -0.385 e. The third kappa shape index (κ3) is 3.68. The molecule has 4 aromatic rings. The highest BCUT2D eigenvalue weighted by Gasteiger charge is 2.63. The van der Waals surface area contributed by atoms with Crippen molar-refractivity contribution in [2.45, 2.75) is 43.5 Å². The molecule has 5 heterocycles. The summed E-state index contributed by atoms with van der Waals surface area (Å²) in [4.78, 5) is 18.9. The van der Waals surface area contributed by atoms with Gasteiger partial charge in [-0.1, -0.05) is 0 Å². The van der Waals surface area contributed by atoms with Gasteiger partial charge >= 0.3 is 0 Å². The predicted octanol–water partition coefficient (Wildman–Crippen LogP) is 2.72. The highest BCUT2D eigenvalue weighted by atomic mass is 19.3. The molecule has 38 heavy (non-hydrogen) atoms. The number of hydrogen-bond donors (Lipinski definition) is 3. The average Bonchev–Trinajstić information content (AvgIpc) is 3.33. The molecular formula is C25H24F4N8O. The van der Waals surface area contributed by atoms with Gasteiger partial charge in [0.2, 0.25) is 0 Å². The van der Waals surface area contributed by atoms with Crippen LogP contribution in [-0.2, 0) is 6.54 Å². The third-order valence-corrected chi connectivity index (χ3v) is 7.90. The number of aromatic nitrogens is 5. The van der Waals surface area contributed by atoms with Crippen molar-refractivity contribution in [3.05, 3.63) is 60.3 Å². The number of halogens is 4. The second-order valence-electron chi connectivity index (χ2n) is 9.84. The van der Waals surface area contributed by atoms with Gasteiger partial charge in [-0.05, 0) is 48.6 Å². The van der Waals surface area contributed by atoms with Crippen molar-refractivity contribution >= 4 is 22.7 Å². The number of aliphatic hydroxyl groups is 1. The highest BCUT2D eigenvalue weighted by molar-refractivity contribution is 5.81. The van der Waals surface area contributed by atoms with Crippen molar-refractivity contribution in [3.63, 3.8) is 0 Å². The van der Waals surface area contributed by atoms with E-state index in [0.29, 0.717) is 53.1 Å². The zero-order chi connectivity index (χ0) is 26.8. The number of imidazole rings is 1. The Balaban J connectivity index is 1.44. The van der Waals surface area contributed by atoms with Crippen LogP contribution in [0.15, 0.2) is 43.1 Å². The first-order valence-corrected chi connectivity index (χ1v) is 12.1. The van der Waals surface area contributed by atoms with Crippen molar-refractivity contribution in [2.24, 2.45) is 11.7 Å². The molecular weight excluding hydrogens is 504 g/mol. The van der Waals surface area contributed by atoms with Gasteiger partial charge in [0, 0.05) is 12.1 Å². The van der Waals surface area contributed by atoms with E-state index < -0.39 is 35.7 Å². The maximum Gasteiger partial charge on any atom is 0.265 e. The number of hydrogen-bond acceptors (Lipinski definition) is 8. The van der Waals surface area contributed by atoms with Gasteiger partial charge in [-0.25, -0.2) is 32.5 Å². The van der Waals surface area contributed by atoms with Crippen LogP contribution in [0.5, 0.6) is 0 Å². The molecule has 3 aliphatic rings. The molecule has 2 saturated heterocycles. The summed E-state index contributed by atoms with van der Waals surface area (Å²) in [7, 11) is 0. The van der Waals surface area contributed by atoms with Crippen LogP contribution in [0.25, 0.3) is 22.4 Å². The zero-order valence-electron chi connectivity index (χ0n) is 20.0. The van der Waals surface area contributed by atoms with E-state index >= 15 is 0 Å². The minimum atomic E-state index is -2.97. The lowest BCUT2D eigenvalue weighted by Crippen LogP contribution is -2.80. The fourth-order valence-corrected chi connectivity index (χ4v) is 5.84. The Bertz CT molecular complexity index is 1530. The van der Waals surface area contributed by atoms with Gasteiger partial charge in [0.1, 0.15) is 17.9 Å². The number of nitrogens with zero attached hydrogens (tertiary/aromatic N) is 6. The molecule has 9 nitrogen and oxygen atoms in total. The van der Waals surface area contributed by atoms with Crippen LogP contribution in [0.4, 0.5) is 29.1 Å². The lowest BCUT2D eigenvalue weighted by atomic mass is 9.56. The first-order chi connectivity index (χ1) is 18.2. The number of fused-ring (bicyclic) bond motifs is 3. The minimum absolute atomic E-state index is 0.219. The normalized spacial score (nSPS) is 23.6. The molecule has 5 N–H and O–H groups in total. The van der Waals surface area contributed by atoms with Gasteiger partial charge in [-0.15, -0.1) is 0 Å². The van der Waals surface area contributed by atoms with Crippen molar-refractivity contribution in [1.82, 2.24) is 24.5 Å². The van der Waals surface area contributed by atoms with Crippen LogP contribution in [0.3, 0.4) is 0 Å². The lowest BCUT2D eigenvalue weighted by Gasteiger charge is -2.64. The van der Waals surface area contributed by atoms with Crippen LogP contribution in [0, 0.1) is 17.6 Å². The first-order valence-electron chi connectivity index (χ1n) is 12.1. The molecule has 0 spiro atoms. The number of alkyl halides is 2. The number of benzene rings is 1. The molecule has 1 saturated carbocycles. The number of pyridine rings is 1. The van der Waals surface area contributed by atoms with E-state index in [4.69, 9.17) is 11.5 Å². The standard InChI is InChI=1S/C25H24F4N8O/c26-15-2-1-12(5-16(15)27)17-6-13(9-36-11-35-20-23(30)33-10-34-24(20)36)18(8-32-17)37-4-3-14-7-19(37)25(14,31)21(38)22(28)29/h1-2,5-6,8,10-11,14,19,21-22,38H,3-4,7,9,31H2,(H2,30,33,34)/t14?,19?,21-,25-/m1/s1. The zero-order valence-corrected chi connectivity index (χ0v) is 20.0. The van der Waals surface area contributed by atoms with Gasteiger partial charge in [-0.2, -0.15) is 0 Å². The molecule has 7 rings (SSSR count). The van der Waals surface area contributed by atoms with Crippen LogP contribution >= 0.6 is 0 Å². The van der Waals surface area contributed by atoms with E-state index in [9.17, 15) is 22.7 Å². The Hall–Kier alpha value is -3.84. The first kappa shape index (κ1) is 24.5. The van der Waals surface area contributed by atoms with Gasteiger partial charge in [0.05, 0.1) is 42.0 Å². The van der Waals surface area contributed by atoms with Gasteiger partial charge in [0.25, 0.3) is 6.43 Å². The number of nitrogen functional groups attached to an aromatic ring is 1. The number of piperidine rings is 2. The number of anilines is 2. The van der Waals surface area contributed by atoms with Crippen LogP contribution in [-0.4, -0.2) is 60.3 Å². The second-order valence-corrected chi connectivity index (χ2v) is 9.84. The lowest BCUT2D eigenvalue weighted by molar-refractivity contribution is -0.120. The maximum atomic E-state index is 14.0. The van der Waals surface area contributed by atoms with Crippen LogP contribution in [0.1, 0.15) is 18.4 Å². The van der Waals surface area contributed by atoms with Crippen LogP contribution in [0.2, 0.25) is 0 Å². The number of aliphatic hydroxyl groups excluding tert-OH is 1. The Kier molecular flexibility index (Phi) is 5.72. The molecule has 3 fully saturated rings. The van der Waals surface area contributed by atoms with E-state index in [1.165, 1.54) is 12.4 Å². The Labute approximate surface area is 214 Å². The Morgan fingerprint density at radius 3 is 2.66 bits per heavy atom. The van der Waals surface area contributed by atoms with E-state index in [0.717, 1.165) is 12.1 Å². The summed E-state index contributed by atoms with van der Waals surface area (Å²) in [5.41, 5.74) is 13.9. The van der Waals surface area contributed by atoms with E-state index in [1.54, 1.807) is 23.2 Å². The Morgan fingerprint density at radius 2 is 1.92 bits per heavy atom. The summed E-state index contributed by atoms with van der Waals surface area (Å²) in [6, 6.07) is 4.70. The monoisotopic (exact) mass is 528 g/mol. The topological polar surface area (TPSA) is 132 Å². The van der Waals surface area contributed by atoms with E-state index in [2.05, 4.69) is 19.9 Å². The summed E-state index contributed by atoms with van der Waals surface area (Å²) < 4.78 is 56.4. The second kappa shape index (κ2) is 8.88. The molecule has 13 heteroatoms. The molecule has 3 aromatic heterocycles. The molecule has 2 bridgehead atoms. The largest absolute Gasteiger partial charge is 0.385 e. The number of nitrogens with two attached hydrogens (primary N) is 2. The van der Waals surface area contributed by atoms with E-state index in [-0.39, 0.29) is 18.3 Å². The highest BCUT2D eigenvalue weighted by Crippen LogP contribution is 2.51. The molecule has 1 aliphatic carbocycles. The fourth-order valence-electron chi connectivity index (χ4n) is 5.84. The van der Waals surface area contributed by atoms with Gasteiger partial charge in [0.15, 0.2) is 23.1 Å². The smallest absolute Gasteiger partial charge is 0.265 e. The maximum absolute atomic E-state index is 14.0. The van der Waals surface area contributed by atoms with Crippen molar-refractivity contribution in [3.8, 4) is 11.3 Å². The summed E-state index contributed by atoms with van der Waals surface area (Å²) >= 11 is 0. The fraction of sp³-hybridized carbons (Fsp3) is 0.360. The van der Waals surface area contributed by atoms with Gasteiger partial charge < -0.3 is 26.0 Å². The molecule has 2 aliphatic heterocycles. The predicted molar refractivity (Wildman–Crippen MR) is 131 cm³/mol. The van der Waals surface area contributed by atoms with Crippen molar-refractivity contribution in [1.29, 1.82) is 0 Å². The average molecular weight is 529 g/mol.